The van der Waals surface area contributed by atoms with Crippen LogP contribution in [0.2, 0.25) is 0 Å². The van der Waals surface area contributed by atoms with E-state index in [1.54, 1.807) is 17.8 Å². The predicted octanol–water partition coefficient (Wildman–Crippen LogP) is 5.94. The highest BCUT2D eigenvalue weighted by atomic mass is 32.3. The van der Waals surface area contributed by atoms with Crippen molar-refractivity contribution in [1.29, 1.82) is 0 Å². The molecule has 1 atom stereocenters. The van der Waals surface area contributed by atoms with Crippen LogP contribution in [0.5, 0.6) is 5.75 Å². The largest absolute Gasteiger partial charge is 0.493 e. The van der Waals surface area contributed by atoms with E-state index >= 15 is 0 Å². The normalized spacial score (nSPS) is 18.4. The Kier molecular flexibility index (Phi) is 7.23. The fourth-order valence-corrected chi connectivity index (χ4v) is 6.64. The van der Waals surface area contributed by atoms with Crippen molar-refractivity contribution in [3.05, 3.63) is 54.1 Å². The van der Waals surface area contributed by atoms with Gasteiger partial charge < -0.3 is 14.8 Å². The highest BCUT2D eigenvalue weighted by Crippen LogP contribution is 2.63. The minimum absolute atomic E-state index is 0.000483. The summed E-state index contributed by atoms with van der Waals surface area (Å²) in [4.78, 5) is 13.3. The van der Waals surface area contributed by atoms with E-state index in [0.717, 1.165) is 10.5 Å². The molecule has 2 aromatic carbocycles. The third-order valence-electron chi connectivity index (χ3n) is 4.35. The number of carbonyl (C=O) groups excluding carboxylic acids is 1. The number of rotatable bonds is 7. The first kappa shape index (κ1) is 22.8. The van der Waals surface area contributed by atoms with Crippen LogP contribution in [-0.4, -0.2) is 39.7 Å². The molecule has 0 radical (unpaired) electrons. The SMILES string of the molecule is CC(C)(C)OC(=O)NCCCOc1ccc2c(c1)S(O)(O)CC2Sc1ccccc1. The zero-order chi connectivity index (χ0) is 21.8. The maximum absolute atomic E-state index is 11.6. The first-order valence-electron chi connectivity index (χ1n) is 9.85. The van der Waals surface area contributed by atoms with E-state index in [0.29, 0.717) is 36.0 Å². The number of alkyl carbamates (subject to hydrolysis) is 1. The molecule has 1 heterocycles. The molecule has 1 aliphatic heterocycles. The number of hydrogen-bond donors (Lipinski definition) is 3. The summed E-state index contributed by atoms with van der Waals surface area (Å²) in [7, 11) is -2.84. The molecule has 3 N–H and O–H groups in total. The van der Waals surface area contributed by atoms with Crippen LogP contribution in [0.4, 0.5) is 4.79 Å². The Morgan fingerprint density at radius 1 is 1.20 bits per heavy atom. The molecule has 30 heavy (non-hydrogen) atoms. The van der Waals surface area contributed by atoms with Crippen LogP contribution in [-0.2, 0) is 4.74 Å². The third kappa shape index (κ3) is 6.31. The lowest BCUT2D eigenvalue weighted by Gasteiger charge is -2.27. The average molecular weight is 452 g/mol. The highest BCUT2D eigenvalue weighted by molar-refractivity contribution is 8.25. The number of benzene rings is 2. The molecule has 1 amide bonds. The van der Waals surface area contributed by atoms with Crippen molar-refractivity contribution in [3.8, 4) is 5.75 Å². The standard InChI is InChI=1S/C22H29NO5S2/c1-22(2,3)28-21(24)23-12-7-13-27-16-10-11-18-19(15-30(25,26)20(18)14-16)29-17-8-5-4-6-9-17/h4-6,8-11,14,19,25-26H,7,12-13,15H2,1-3H3,(H,23,24). The number of amides is 1. The average Bonchev–Trinajstić information content (AvgIpc) is 2.90. The van der Waals surface area contributed by atoms with Crippen molar-refractivity contribution in [1.82, 2.24) is 5.32 Å². The molecule has 0 aromatic heterocycles. The van der Waals surface area contributed by atoms with Crippen molar-refractivity contribution in [2.75, 3.05) is 18.9 Å². The summed E-state index contributed by atoms with van der Waals surface area (Å²) in [6, 6.07) is 15.5. The van der Waals surface area contributed by atoms with Crippen LogP contribution in [0.25, 0.3) is 0 Å². The number of hydrogen-bond acceptors (Lipinski definition) is 6. The predicted molar refractivity (Wildman–Crippen MR) is 122 cm³/mol. The van der Waals surface area contributed by atoms with Crippen LogP contribution >= 0.6 is 22.4 Å². The highest BCUT2D eigenvalue weighted by Gasteiger charge is 2.36. The molecule has 1 unspecified atom stereocenters. The summed E-state index contributed by atoms with van der Waals surface area (Å²) in [5.74, 6) is 0.905. The second-order valence-electron chi connectivity index (χ2n) is 8.08. The molecular weight excluding hydrogens is 422 g/mol. The summed E-state index contributed by atoms with van der Waals surface area (Å²) >= 11 is 1.64. The van der Waals surface area contributed by atoms with Crippen LogP contribution < -0.4 is 10.1 Å². The summed E-state index contributed by atoms with van der Waals surface area (Å²) in [5.41, 5.74) is 0.424. The van der Waals surface area contributed by atoms with E-state index < -0.39 is 22.3 Å². The first-order chi connectivity index (χ1) is 14.1. The van der Waals surface area contributed by atoms with Crippen molar-refractivity contribution in [2.45, 2.75) is 47.8 Å². The quantitative estimate of drug-likeness (QED) is 0.452. The zero-order valence-electron chi connectivity index (χ0n) is 17.5. The van der Waals surface area contributed by atoms with Crippen molar-refractivity contribution in [3.63, 3.8) is 0 Å². The molecule has 0 bridgehead atoms. The van der Waals surface area contributed by atoms with Gasteiger partial charge in [0, 0.05) is 17.5 Å². The molecule has 1 aliphatic rings. The van der Waals surface area contributed by atoms with Gasteiger partial charge in [0.05, 0.1) is 22.5 Å². The molecule has 2 aromatic rings. The molecule has 3 rings (SSSR count). The van der Waals surface area contributed by atoms with Crippen LogP contribution in [0.15, 0.2) is 58.3 Å². The van der Waals surface area contributed by atoms with Crippen molar-refractivity contribution in [2.24, 2.45) is 0 Å². The smallest absolute Gasteiger partial charge is 0.407 e. The molecule has 0 fully saturated rings. The Labute approximate surface area is 183 Å². The van der Waals surface area contributed by atoms with Crippen molar-refractivity contribution < 1.29 is 23.4 Å². The Morgan fingerprint density at radius 2 is 1.93 bits per heavy atom. The lowest BCUT2D eigenvalue weighted by molar-refractivity contribution is 0.0525. The molecule has 0 saturated carbocycles. The van der Waals surface area contributed by atoms with Crippen molar-refractivity contribution >= 4 is 28.4 Å². The number of ether oxygens (including phenoxy) is 2. The Morgan fingerprint density at radius 3 is 2.63 bits per heavy atom. The Bertz CT molecular complexity index is 868. The number of nitrogens with one attached hydrogen (secondary N) is 1. The van der Waals surface area contributed by atoms with Gasteiger partial charge in [0.25, 0.3) is 0 Å². The molecule has 0 aliphatic carbocycles. The molecule has 0 saturated heterocycles. The Balaban J connectivity index is 1.53. The molecule has 8 heteroatoms. The van der Waals surface area contributed by atoms with Crippen LogP contribution in [0.1, 0.15) is 38.0 Å². The minimum Gasteiger partial charge on any atom is -0.493 e. The second-order valence-corrected chi connectivity index (χ2v) is 11.5. The monoisotopic (exact) mass is 451 g/mol. The fourth-order valence-electron chi connectivity index (χ4n) is 3.07. The molecular formula is C22H29NO5S2. The van der Waals surface area contributed by atoms with E-state index in [1.807, 2.05) is 63.2 Å². The van der Waals surface area contributed by atoms with E-state index in [2.05, 4.69) is 5.32 Å². The van der Waals surface area contributed by atoms with Crippen LogP contribution in [0, 0.1) is 0 Å². The lowest BCUT2D eigenvalue weighted by Crippen LogP contribution is -2.33. The first-order valence-corrected chi connectivity index (χ1v) is 12.4. The maximum atomic E-state index is 11.6. The summed E-state index contributed by atoms with van der Waals surface area (Å²) in [5, 5.41) is 2.69. The van der Waals surface area contributed by atoms with E-state index in [9.17, 15) is 13.9 Å². The van der Waals surface area contributed by atoms with Gasteiger partial charge in [0.2, 0.25) is 0 Å². The van der Waals surface area contributed by atoms with E-state index in [4.69, 9.17) is 9.47 Å². The number of carbonyl (C=O) groups is 1. The molecule has 0 spiro atoms. The summed E-state index contributed by atoms with van der Waals surface area (Å²) in [6.07, 6.45) is 0.162. The van der Waals surface area contributed by atoms with E-state index in [-0.39, 0.29) is 5.25 Å². The van der Waals surface area contributed by atoms with Gasteiger partial charge in [0.1, 0.15) is 11.4 Å². The van der Waals surface area contributed by atoms with Gasteiger partial charge in [0.15, 0.2) is 0 Å². The summed E-state index contributed by atoms with van der Waals surface area (Å²) < 4.78 is 32.1. The van der Waals surface area contributed by atoms with E-state index in [1.165, 1.54) is 0 Å². The minimum atomic E-state index is -2.84. The molecule has 164 valence electrons. The zero-order valence-corrected chi connectivity index (χ0v) is 19.1. The number of thioether (sulfide) groups is 1. The van der Waals surface area contributed by atoms with Gasteiger partial charge >= 0.3 is 6.09 Å². The fraction of sp³-hybridized carbons (Fsp3) is 0.409. The van der Waals surface area contributed by atoms with Crippen LogP contribution in [0.3, 0.4) is 0 Å². The van der Waals surface area contributed by atoms with Gasteiger partial charge in [-0.25, -0.2) is 4.79 Å². The Hall–Kier alpha value is -1.87. The van der Waals surface area contributed by atoms with Gasteiger partial charge in [-0.15, -0.1) is 11.8 Å². The van der Waals surface area contributed by atoms with Gasteiger partial charge in [-0.1, -0.05) is 24.3 Å². The summed E-state index contributed by atoms with van der Waals surface area (Å²) in [6.45, 7) is 6.28. The third-order valence-corrected chi connectivity index (χ3v) is 7.66. The van der Waals surface area contributed by atoms with Gasteiger partial charge in [-0.05, 0) is 51.0 Å². The second kappa shape index (κ2) is 9.51. The number of fused-ring (bicyclic) bond motifs is 1. The maximum Gasteiger partial charge on any atom is 0.407 e. The molecule has 6 nitrogen and oxygen atoms in total. The lowest BCUT2D eigenvalue weighted by atomic mass is 10.1. The van der Waals surface area contributed by atoms with Gasteiger partial charge in [-0.2, -0.15) is 10.6 Å². The topological polar surface area (TPSA) is 88.0 Å². The van der Waals surface area contributed by atoms with Gasteiger partial charge in [-0.3, -0.25) is 9.11 Å².